The molecule has 21 heavy (non-hydrogen) atoms. The first-order chi connectivity index (χ1) is 10.2. The van der Waals surface area contributed by atoms with Gasteiger partial charge in [-0.15, -0.1) is 0 Å². The molecule has 2 aromatic carbocycles. The van der Waals surface area contributed by atoms with E-state index >= 15 is 0 Å². The first kappa shape index (κ1) is 14.3. The Morgan fingerprint density at radius 1 is 1.19 bits per heavy atom. The van der Waals surface area contributed by atoms with Crippen LogP contribution < -0.4 is 11.3 Å². The van der Waals surface area contributed by atoms with E-state index in [4.69, 9.17) is 5.84 Å². The first-order valence-electron chi connectivity index (χ1n) is 7.77. The predicted octanol–water partition coefficient (Wildman–Crippen LogP) is 3.41. The van der Waals surface area contributed by atoms with Gasteiger partial charge in [0.2, 0.25) is 0 Å². The molecule has 0 fully saturated rings. The fourth-order valence-corrected chi connectivity index (χ4v) is 3.41. The van der Waals surface area contributed by atoms with E-state index in [2.05, 4.69) is 61.7 Å². The third-order valence-electron chi connectivity index (χ3n) is 4.74. The molecule has 2 aromatic rings. The van der Waals surface area contributed by atoms with Crippen LogP contribution in [0.3, 0.4) is 0 Å². The van der Waals surface area contributed by atoms with Crippen LogP contribution in [-0.2, 0) is 12.8 Å². The first-order valence-corrected chi connectivity index (χ1v) is 7.77. The predicted molar refractivity (Wildman–Crippen MR) is 88.2 cm³/mol. The molecule has 0 saturated carbocycles. The minimum absolute atomic E-state index is 0.337. The molecule has 2 unspecified atom stereocenters. The topological polar surface area (TPSA) is 38.0 Å². The van der Waals surface area contributed by atoms with Crippen molar-refractivity contribution in [1.29, 1.82) is 0 Å². The van der Waals surface area contributed by atoms with Crippen molar-refractivity contribution in [3.05, 3.63) is 70.3 Å². The van der Waals surface area contributed by atoms with Crippen LogP contribution in [0.2, 0.25) is 0 Å². The van der Waals surface area contributed by atoms with Gasteiger partial charge in [-0.3, -0.25) is 11.3 Å². The minimum atomic E-state index is 0.337. The Morgan fingerprint density at radius 3 is 2.76 bits per heavy atom. The molecule has 0 spiro atoms. The molecule has 0 saturated heterocycles. The summed E-state index contributed by atoms with van der Waals surface area (Å²) in [6.07, 6.45) is 3.31. The van der Waals surface area contributed by atoms with Gasteiger partial charge >= 0.3 is 0 Å². The van der Waals surface area contributed by atoms with Crippen molar-refractivity contribution in [3.8, 4) is 0 Å². The number of rotatable bonds is 5. The number of fused-ring (bicyclic) bond motifs is 1. The van der Waals surface area contributed by atoms with Crippen LogP contribution in [0.25, 0.3) is 0 Å². The molecular formula is C19H24N2. The summed E-state index contributed by atoms with van der Waals surface area (Å²) in [6.45, 7) is 4.33. The molecule has 2 atom stereocenters. The molecular weight excluding hydrogens is 256 g/mol. The van der Waals surface area contributed by atoms with Crippen LogP contribution in [0.4, 0.5) is 0 Å². The zero-order valence-corrected chi connectivity index (χ0v) is 12.9. The van der Waals surface area contributed by atoms with Gasteiger partial charge in [0.1, 0.15) is 0 Å². The third kappa shape index (κ3) is 3.02. The van der Waals surface area contributed by atoms with Gasteiger partial charge in [-0.1, -0.05) is 48.0 Å². The monoisotopic (exact) mass is 280 g/mol. The van der Waals surface area contributed by atoms with Gasteiger partial charge in [-0.25, -0.2) is 0 Å². The van der Waals surface area contributed by atoms with Crippen molar-refractivity contribution >= 4 is 0 Å². The van der Waals surface area contributed by atoms with E-state index in [0.717, 1.165) is 12.8 Å². The maximum Gasteiger partial charge on any atom is 0.0256 e. The molecule has 2 nitrogen and oxygen atoms in total. The molecule has 1 aliphatic rings. The summed E-state index contributed by atoms with van der Waals surface area (Å²) in [5, 5.41) is 0. The summed E-state index contributed by atoms with van der Waals surface area (Å²) in [7, 11) is 0. The Morgan fingerprint density at radius 2 is 2.00 bits per heavy atom. The SMILES string of the molecule is Cc1ccc(C)c(CC(CC2Cc3ccccc32)NN)c1. The highest BCUT2D eigenvalue weighted by Crippen LogP contribution is 2.38. The van der Waals surface area contributed by atoms with E-state index in [0.29, 0.717) is 12.0 Å². The molecule has 1 aliphatic carbocycles. The van der Waals surface area contributed by atoms with E-state index in [-0.39, 0.29) is 0 Å². The minimum Gasteiger partial charge on any atom is -0.271 e. The highest BCUT2D eigenvalue weighted by atomic mass is 15.2. The number of hydrazine groups is 1. The van der Waals surface area contributed by atoms with Crippen LogP contribution in [-0.4, -0.2) is 6.04 Å². The van der Waals surface area contributed by atoms with E-state index in [1.807, 2.05) is 0 Å². The zero-order valence-electron chi connectivity index (χ0n) is 12.9. The number of benzene rings is 2. The van der Waals surface area contributed by atoms with E-state index in [1.165, 1.54) is 34.2 Å². The molecule has 0 aromatic heterocycles. The van der Waals surface area contributed by atoms with Crippen molar-refractivity contribution in [2.75, 3.05) is 0 Å². The quantitative estimate of drug-likeness (QED) is 0.650. The molecule has 3 N–H and O–H groups in total. The highest BCUT2D eigenvalue weighted by Gasteiger charge is 2.27. The molecule has 0 amide bonds. The molecule has 0 heterocycles. The fraction of sp³-hybridized carbons (Fsp3) is 0.368. The molecule has 0 radical (unpaired) electrons. The smallest absolute Gasteiger partial charge is 0.0256 e. The average molecular weight is 280 g/mol. The maximum absolute atomic E-state index is 5.81. The van der Waals surface area contributed by atoms with Crippen molar-refractivity contribution in [2.24, 2.45) is 5.84 Å². The van der Waals surface area contributed by atoms with Crippen molar-refractivity contribution < 1.29 is 0 Å². The standard InChI is InChI=1S/C19H24N2/c1-13-7-8-14(2)16(9-13)11-18(21-20)12-17-10-15-5-3-4-6-19(15)17/h3-9,17-18,21H,10-12,20H2,1-2H3. The van der Waals surface area contributed by atoms with Crippen molar-refractivity contribution in [3.63, 3.8) is 0 Å². The van der Waals surface area contributed by atoms with Gasteiger partial charge in [-0.05, 0) is 61.3 Å². The lowest BCUT2D eigenvalue weighted by Gasteiger charge is -2.33. The van der Waals surface area contributed by atoms with Gasteiger partial charge in [0.25, 0.3) is 0 Å². The lowest BCUT2D eigenvalue weighted by atomic mass is 9.74. The van der Waals surface area contributed by atoms with Crippen LogP contribution in [0, 0.1) is 13.8 Å². The summed E-state index contributed by atoms with van der Waals surface area (Å²) >= 11 is 0. The van der Waals surface area contributed by atoms with Crippen molar-refractivity contribution in [2.45, 2.75) is 45.1 Å². The number of nitrogens with two attached hydrogens (primary N) is 1. The second-order valence-electron chi connectivity index (χ2n) is 6.33. The third-order valence-corrected chi connectivity index (χ3v) is 4.74. The molecule has 0 bridgehead atoms. The van der Waals surface area contributed by atoms with Gasteiger partial charge in [0.05, 0.1) is 0 Å². The normalized spacial score (nSPS) is 18.0. The number of hydrogen-bond donors (Lipinski definition) is 2. The Hall–Kier alpha value is -1.64. The molecule has 110 valence electrons. The van der Waals surface area contributed by atoms with Crippen molar-refractivity contribution in [1.82, 2.24) is 5.43 Å². The highest BCUT2D eigenvalue weighted by molar-refractivity contribution is 5.40. The Labute approximate surface area is 127 Å². The van der Waals surface area contributed by atoms with Gasteiger partial charge < -0.3 is 0 Å². The summed E-state index contributed by atoms with van der Waals surface area (Å²) in [6, 6.07) is 15.8. The van der Waals surface area contributed by atoms with Crippen LogP contribution in [0.1, 0.15) is 40.2 Å². The summed E-state index contributed by atoms with van der Waals surface area (Å²) in [5.41, 5.74) is 10.1. The zero-order chi connectivity index (χ0) is 14.8. The summed E-state index contributed by atoms with van der Waals surface area (Å²) in [4.78, 5) is 0. The molecule has 0 aliphatic heterocycles. The van der Waals surface area contributed by atoms with Gasteiger partial charge in [-0.2, -0.15) is 0 Å². The Balaban J connectivity index is 1.68. The van der Waals surface area contributed by atoms with E-state index < -0.39 is 0 Å². The van der Waals surface area contributed by atoms with Gasteiger partial charge in [0.15, 0.2) is 0 Å². The fourth-order valence-electron chi connectivity index (χ4n) is 3.41. The Bertz CT molecular complexity index is 633. The van der Waals surface area contributed by atoms with Gasteiger partial charge in [0, 0.05) is 6.04 Å². The lowest BCUT2D eigenvalue weighted by molar-refractivity contribution is 0.421. The maximum atomic E-state index is 5.81. The number of nitrogens with one attached hydrogen (secondary N) is 1. The summed E-state index contributed by atoms with van der Waals surface area (Å²) in [5.74, 6) is 6.47. The average Bonchev–Trinajstić information content (AvgIpc) is 2.47. The van der Waals surface area contributed by atoms with Crippen LogP contribution in [0.5, 0.6) is 0 Å². The lowest BCUT2D eigenvalue weighted by Crippen LogP contribution is -2.39. The van der Waals surface area contributed by atoms with E-state index in [1.54, 1.807) is 0 Å². The largest absolute Gasteiger partial charge is 0.271 e. The van der Waals surface area contributed by atoms with E-state index in [9.17, 15) is 0 Å². The second-order valence-corrected chi connectivity index (χ2v) is 6.33. The molecule has 3 rings (SSSR count). The number of hydrogen-bond acceptors (Lipinski definition) is 2. The molecule has 2 heteroatoms. The van der Waals surface area contributed by atoms with Crippen LogP contribution in [0.15, 0.2) is 42.5 Å². The Kier molecular flexibility index (Phi) is 4.09. The second kappa shape index (κ2) is 6.00. The van der Waals surface area contributed by atoms with Crippen LogP contribution >= 0.6 is 0 Å². The number of aryl methyl sites for hydroxylation is 2. The summed E-state index contributed by atoms with van der Waals surface area (Å²) < 4.78 is 0.